The summed E-state index contributed by atoms with van der Waals surface area (Å²) in [5, 5.41) is 0. The lowest BCUT2D eigenvalue weighted by molar-refractivity contribution is -0.140. The molecule has 34 heavy (non-hydrogen) atoms. The molecule has 0 saturated heterocycles. The van der Waals surface area contributed by atoms with Crippen LogP contribution in [0.25, 0.3) is 0 Å². The Balaban J connectivity index is 1.89. The minimum Gasteiger partial charge on any atom is -0.469 e. The molecule has 0 fully saturated rings. The monoisotopic (exact) mass is 479 g/mol. The van der Waals surface area contributed by atoms with Crippen molar-refractivity contribution in [2.24, 2.45) is 0 Å². The van der Waals surface area contributed by atoms with Gasteiger partial charge in [-0.3, -0.25) is 4.79 Å². The molecule has 3 aromatic rings. The third-order valence-electron chi connectivity index (χ3n) is 5.76. The van der Waals surface area contributed by atoms with Gasteiger partial charge < -0.3 is 4.74 Å². The average Bonchev–Trinajstić information content (AvgIpc) is 2.82. The number of methoxy groups -OCH3 is 1. The Morgan fingerprint density at radius 1 is 0.824 bits per heavy atom. The van der Waals surface area contributed by atoms with Crippen LogP contribution in [0.4, 0.5) is 0 Å². The molecule has 0 spiro atoms. The second-order valence-corrected chi connectivity index (χ2v) is 11.4. The van der Waals surface area contributed by atoms with E-state index in [1.807, 2.05) is 36.4 Å². The summed E-state index contributed by atoms with van der Waals surface area (Å²) in [7, 11) is -2.35. The van der Waals surface area contributed by atoms with E-state index in [-0.39, 0.29) is 35.8 Å². The van der Waals surface area contributed by atoms with Crippen molar-refractivity contribution in [3.05, 3.63) is 101 Å². The Morgan fingerprint density at radius 3 is 2.06 bits per heavy atom. The molecule has 0 bridgehead atoms. The second kappa shape index (κ2) is 11.0. The molecular weight excluding hydrogens is 446 g/mol. The number of hydrogen-bond donors (Lipinski definition) is 0. The molecule has 0 heterocycles. The zero-order chi connectivity index (χ0) is 24.8. The number of aryl methyl sites for hydroxylation is 1. The first-order valence-electron chi connectivity index (χ1n) is 11.4. The van der Waals surface area contributed by atoms with Crippen LogP contribution in [0.2, 0.25) is 0 Å². The Bertz CT molecular complexity index is 1200. The van der Waals surface area contributed by atoms with Crippen LogP contribution in [-0.2, 0) is 44.5 Å². The van der Waals surface area contributed by atoms with E-state index in [9.17, 15) is 13.2 Å². The van der Waals surface area contributed by atoms with E-state index < -0.39 is 10.0 Å². The van der Waals surface area contributed by atoms with Gasteiger partial charge in [0.05, 0.1) is 12.0 Å². The zero-order valence-electron chi connectivity index (χ0n) is 20.3. The fourth-order valence-corrected chi connectivity index (χ4v) is 5.15. The van der Waals surface area contributed by atoms with E-state index in [4.69, 9.17) is 4.74 Å². The van der Waals surface area contributed by atoms with Gasteiger partial charge in [-0.15, -0.1) is 0 Å². The molecule has 0 amide bonds. The highest BCUT2D eigenvalue weighted by atomic mass is 32.2. The van der Waals surface area contributed by atoms with Gasteiger partial charge in [0.2, 0.25) is 10.0 Å². The molecule has 0 radical (unpaired) electrons. The van der Waals surface area contributed by atoms with Crippen molar-refractivity contribution in [3.8, 4) is 0 Å². The maximum absolute atomic E-state index is 13.6. The van der Waals surface area contributed by atoms with Crippen LogP contribution in [-0.4, -0.2) is 25.8 Å². The number of rotatable bonds is 9. The van der Waals surface area contributed by atoms with E-state index in [1.165, 1.54) is 17.0 Å². The molecule has 0 saturated carbocycles. The molecule has 5 nitrogen and oxygen atoms in total. The average molecular weight is 480 g/mol. The van der Waals surface area contributed by atoms with Gasteiger partial charge in [-0.2, -0.15) is 4.31 Å². The van der Waals surface area contributed by atoms with Crippen LogP contribution >= 0.6 is 0 Å². The number of nitrogens with zero attached hydrogens (tertiary/aromatic N) is 1. The van der Waals surface area contributed by atoms with Gasteiger partial charge in [0.1, 0.15) is 0 Å². The summed E-state index contributed by atoms with van der Waals surface area (Å²) in [6.07, 6.45) is 0.826. The summed E-state index contributed by atoms with van der Waals surface area (Å²) in [5.74, 6) is -0.266. The van der Waals surface area contributed by atoms with Crippen LogP contribution in [0.1, 0.15) is 49.4 Å². The molecule has 0 unspecified atom stereocenters. The van der Waals surface area contributed by atoms with Gasteiger partial charge in [-0.25, -0.2) is 8.42 Å². The Kier molecular flexibility index (Phi) is 8.28. The molecule has 0 atom stereocenters. The summed E-state index contributed by atoms with van der Waals surface area (Å²) >= 11 is 0. The Morgan fingerprint density at radius 2 is 1.44 bits per heavy atom. The van der Waals surface area contributed by atoms with Crippen LogP contribution in [0.3, 0.4) is 0 Å². The van der Waals surface area contributed by atoms with Crippen LogP contribution < -0.4 is 0 Å². The van der Waals surface area contributed by atoms with Gasteiger partial charge in [0.25, 0.3) is 0 Å². The van der Waals surface area contributed by atoms with Crippen molar-refractivity contribution in [3.63, 3.8) is 0 Å². The predicted molar refractivity (Wildman–Crippen MR) is 135 cm³/mol. The van der Waals surface area contributed by atoms with E-state index in [0.29, 0.717) is 6.42 Å². The highest BCUT2D eigenvalue weighted by Gasteiger charge is 2.25. The largest absolute Gasteiger partial charge is 0.469 e. The van der Waals surface area contributed by atoms with Crippen molar-refractivity contribution in [1.29, 1.82) is 0 Å². The first-order valence-corrected chi connectivity index (χ1v) is 12.8. The number of hydrogen-bond acceptors (Lipinski definition) is 4. The standard InChI is InChI=1S/C28H33NO4S/c1-28(2,3)25-16-13-23(14-17-25)20-29(34(31,32)26-11-6-5-7-12-26)21-24-10-8-9-22(19-24)15-18-27(30)33-4/h5-14,16-17,19H,15,18,20-21H2,1-4H3. The van der Waals surface area contributed by atoms with E-state index in [0.717, 1.165) is 16.7 Å². The van der Waals surface area contributed by atoms with Gasteiger partial charge in [-0.1, -0.05) is 87.5 Å². The van der Waals surface area contributed by atoms with Crippen molar-refractivity contribution < 1.29 is 17.9 Å². The molecule has 3 rings (SSSR count). The van der Waals surface area contributed by atoms with Gasteiger partial charge in [-0.05, 0) is 46.2 Å². The highest BCUT2D eigenvalue weighted by Crippen LogP contribution is 2.25. The van der Waals surface area contributed by atoms with Gasteiger partial charge in [0, 0.05) is 19.5 Å². The first kappa shape index (κ1) is 25.7. The molecule has 0 aromatic heterocycles. The molecule has 6 heteroatoms. The molecule has 0 N–H and O–H groups in total. The minimum atomic E-state index is -3.72. The van der Waals surface area contributed by atoms with E-state index >= 15 is 0 Å². The fraction of sp³-hybridized carbons (Fsp3) is 0.321. The van der Waals surface area contributed by atoms with Gasteiger partial charge >= 0.3 is 5.97 Å². The lowest BCUT2D eigenvalue weighted by Gasteiger charge is -2.24. The number of esters is 1. The topological polar surface area (TPSA) is 63.7 Å². The molecular formula is C28H33NO4S. The number of sulfonamides is 1. The van der Waals surface area contributed by atoms with Crippen LogP contribution in [0.5, 0.6) is 0 Å². The fourth-order valence-electron chi connectivity index (χ4n) is 3.72. The summed E-state index contributed by atoms with van der Waals surface area (Å²) < 4.78 is 33.4. The van der Waals surface area contributed by atoms with Crippen molar-refractivity contribution in [2.45, 2.75) is 57.0 Å². The van der Waals surface area contributed by atoms with E-state index in [1.54, 1.807) is 30.3 Å². The third-order valence-corrected chi connectivity index (χ3v) is 7.56. The zero-order valence-corrected chi connectivity index (χ0v) is 21.1. The molecule has 180 valence electrons. The second-order valence-electron chi connectivity index (χ2n) is 9.43. The molecule has 0 aliphatic heterocycles. The number of benzene rings is 3. The summed E-state index contributed by atoms with van der Waals surface area (Å²) in [4.78, 5) is 11.8. The predicted octanol–water partition coefficient (Wildman–Crippen LogP) is 5.48. The number of carbonyl (C=O) groups is 1. The summed E-state index contributed by atoms with van der Waals surface area (Å²) in [5.41, 5.74) is 3.99. The lowest BCUT2D eigenvalue weighted by atomic mass is 9.87. The van der Waals surface area contributed by atoms with Crippen LogP contribution in [0, 0.1) is 0 Å². The lowest BCUT2D eigenvalue weighted by Crippen LogP contribution is -2.30. The molecule has 0 aliphatic rings. The van der Waals surface area contributed by atoms with E-state index in [2.05, 4.69) is 32.9 Å². The maximum Gasteiger partial charge on any atom is 0.305 e. The maximum atomic E-state index is 13.6. The van der Waals surface area contributed by atoms with Crippen LogP contribution in [0.15, 0.2) is 83.8 Å². The first-order chi connectivity index (χ1) is 16.1. The Hall–Kier alpha value is -2.96. The Labute approximate surface area is 203 Å². The summed E-state index contributed by atoms with van der Waals surface area (Å²) in [6.45, 7) is 6.95. The number of ether oxygens (including phenoxy) is 1. The molecule has 0 aliphatic carbocycles. The minimum absolute atomic E-state index is 0.0268. The number of carbonyl (C=O) groups excluding carboxylic acids is 1. The SMILES string of the molecule is COC(=O)CCc1cccc(CN(Cc2ccc(C(C)(C)C)cc2)S(=O)(=O)c2ccccc2)c1. The third kappa shape index (κ3) is 6.78. The van der Waals surface area contributed by atoms with Crippen molar-refractivity contribution in [1.82, 2.24) is 4.31 Å². The smallest absolute Gasteiger partial charge is 0.305 e. The summed E-state index contributed by atoms with van der Waals surface area (Å²) in [6, 6.07) is 24.4. The highest BCUT2D eigenvalue weighted by molar-refractivity contribution is 7.89. The van der Waals surface area contributed by atoms with Crippen molar-refractivity contribution >= 4 is 16.0 Å². The normalized spacial score (nSPS) is 12.0. The van der Waals surface area contributed by atoms with Gasteiger partial charge in [0.15, 0.2) is 0 Å². The molecule has 3 aromatic carbocycles. The van der Waals surface area contributed by atoms with Crippen molar-refractivity contribution in [2.75, 3.05) is 7.11 Å². The quantitative estimate of drug-likeness (QED) is 0.381.